The van der Waals surface area contributed by atoms with Gasteiger partial charge in [0.05, 0.1) is 21.3 Å². The normalized spacial score (nSPS) is 10.2. The maximum atomic E-state index is 12.1. The summed E-state index contributed by atoms with van der Waals surface area (Å²) in [6.45, 7) is 0.815. The van der Waals surface area contributed by atoms with E-state index in [0.29, 0.717) is 29.4 Å². The van der Waals surface area contributed by atoms with Crippen molar-refractivity contribution in [1.82, 2.24) is 4.57 Å². The third-order valence-electron chi connectivity index (χ3n) is 3.43. The van der Waals surface area contributed by atoms with Crippen LogP contribution in [0.15, 0.2) is 36.7 Å². The van der Waals surface area contributed by atoms with E-state index >= 15 is 0 Å². The first-order valence-corrected chi connectivity index (χ1v) is 7.38. The molecule has 0 aliphatic carbocycles. The summed E-state index contributed by atoms with van der Waals surface area (Å²) in [7, 11) is 4.62. The molecular weight excluding hydrogens is 296 g/mol. The number of methoxy groups -OCH3 is 3. The largest absolute Gasteiger partial charge is 0.493 e. The lowest BCUT2D eigenvalue weighted by Crippen LogP contribution is -2.12. The van der Waals surface area contributed by atoms with Gasteiger partial charge >= 0.3 is 0 Å². The Bertz CT molecular complexity index is 613. The van der Waals surface area contributed by atoms with Crippen LogP contribution in [0.3, 0.4) is 0 Å². The van der Waals surface area contributed by atoms with Crippen LogP contribution >= 0.6 is 0 Å². The van der Waals surface area contributed by atoms with Gasteiger partial charge in [-0.05, 0) is 18.6 Å². The van der Waals surface area contributed by atoms with Crippen molar-refractivity contribution in [2.45, 2.75) is 19.4 Å². The highest BCUT2D eigenvalue weighted by molar-refractivity contribution is 5.91. The zero-order chi connectivity index (χ0) is 16.7. The molecule has 124 valence electrons. The summed E-state index contributed by atoms with van der Waals surface area (Å²) in [6, 6.07) is 7.36. The molecule has 6 heteroatoms. The van der Waals surface area contributed by atoms with Crippen LogP contribution in [-0.4, -0.2) is 31.8 Å². The number of hydrogen-bond acceptors (Lipinski definition) is 4. The molecule has 2 aromatic rings. The van der Waals surface area contributed by atoms with E-state index in [1.165, 1.54) is 0 Å². The number of benzene rings is 1. The Kier molecular flexibility index (Phi) is 5.91. The second-order valence-electron chi connectivity index (χ2n) is 4.99. The van der Waals surface area contributed by atoms with Crippen molar-refractivity contribution in [3.8, 4) is 17.2 Å². The standard InChI is InChI=1S/C17H22N2O4/c1-21-14-11-13(12-15(22-2)17(14)23-3)18-16(20)7-6-10-19-8-4-5-9-19/h4-5,8-9,11-12H,6-7,10H2,1-3H3,(H,18,20). The van der Waals surface area contributed by atoms with Gasteiger partial charge in [-0.25, -0.2) is 0 Å². The minimum absolute atomic E-state index is 0.0496. The molecule has 0 fully saturated rings. The molecule has 6 nitrogen and oxygen atoms in total. The highest BCUT2D eigenvalue weighted by Gasteiger charge is 2.14. The second-order valence-corrected chi connectivity index (χ2v) is 4.99. The molecule has 0 aliphatic heterocycles. The maximum Gasteiger partial charge on any atom is 0.224 e. The summed E-state index contributed by atoms with van der Waals surface area (Å²) in [5, 5.41) is 2.86. The van der Waals surface area contributed by atoms with Crippen molar-refractivity contribution in [3.63, 3.8) is 0 Å². The van der Waals surface area contributed by atoms with E-state index in [-0.39, 0.29) is 5.91 Å². The van der Waals surface area contributed by atoms with Gasteiger partial charge in [-0.2, -0.15) is 0 Å². The lowest BCUT2D eigenvalue weighted by molar-refractivity contribution is -0.116. The quantitative estimate of drug-likeness (QED) is 0.813. The molecule has 2 rings (SSSR count). The molecule has 0 saturated carbocycles. The number of hydrogen-bond donors (Lipinski definition) is 1. The van der Waals surface area contributed by atoms with E-state index in [1.807, 2.05) is 29.1 Å². The monoisotopic (exact) mass is 318 g/mol. The van der Waals surface area contributed by atoms with Crippen LogP contribution in [0.1, 0.15) is 12.8 Å². The van der Waals surface area contributed by atoms with Crippen molar-refractivity contribution >= 4 is 11.6 Å². The molecule has 1 amide bonds. The third-order valence-corrected chi connectivity index (χ3v) is 3.43. The number of amides is 1. The van der Waals surface area contributed by atoms with Crippen LogP contribution in [0.2, 0.25) is 0 Å². The van der Waals surface area contributed by atoms with Crippen molar-refractivity contribution in [3.05, 3.63) is 36.7 Å². The van der Waals surface area contributed by atoms with E-state index < -0.39 is 0 Å². The minimum atomic E-state index is -0.0496. The smallest absolute Gasteiger partial charge is 0.224 e. The summed E-state index contributed by atoms with van der Waals surface area (Å²) in [6.07, 6.45) is 5.17. The van der Waals surface area contributed by atoms with Gasteiger partial charge in [-0.15, -0.1) is 0 Å². The molecule has 0 radical (unpaired) electrons. The van der Waals surface area contributed by atoms with Gasteiger partial charge in [0, 0.05) is 43.2 Å². The molecule has 1 N–H and O–H groups in total. The SMILES string of the molecule is COc1cc(NC(=O)CCCn2cccc2)cc(OC)c1OC. The van der Waals surface area contributed by atoms with Crippen molar-refractivity contribution in [2.24, 2.45) is 0 Å². The summed E-state index contributed by atoms with van der Waals surface area (Å²) < 4.78 is 17.9. The zero-order valence-corrected chi connectivity index (χ0v) is 13.7. The fourth-order valence-electron chi connectivity index (χ4n) is 2.32. The van der Waals surface area contributed by atoms with Gasteiger partial charge in [-0.3, -0.25) is 4.79 Å². The summed E-state index contributed by atoms with van der Waals surface area (Å²) in [5.74, 6) is 1.47. The number of carbonyl (C=O) groups is 1. The van der Waals surface area contributed by atoms with E-state index in [1.54, 1.807) is 33.5 Å². The Morgan fingerprint density at radius 3 is 2.17 bits per heavy atom. The predicted octanol–water partition coefficient (Wildman–Crippen LogP) is 2.93. The Morgan fingerprint density at radius 2 is 1.65 bits per heavy atom. The molecule has 1 aromatic heterocycles. The van der Waals surface area contributed by atoms with Crippen LogP contribution in [0.5, 0.6) is 17.2 Å². The number of carbonyl (C=O) groups excluding carboxylic acids is 1. The van der Waals surface area contributed by atoms with Gasteiger partial charge in [0.25, 0.3) is 0 Å². The van der Waals surface area contributed by atoms with Crippen molar-refractivity contribution < 1.29 is 19.0 Å². The highest BCUT2D eigenvalue weighted by atomic mass is 16.5. The molecule has 0 bridgehead atoms. The van der Waals surface area contributed by atoms with E-state index in [0.717, 1.165) is 13.0 Å². The Morgan fingerprint density at radius 1 is 1.04 bits per heavy atom. The summed E-state index contributed by atoms with van der Waals surface area (Å²) in [5.41, 5.74) is 0.616. The topological polar surface area (TPSA) is 61.7 Å². The molecule has 1 aromatic carbocycles. The fourth-order valence-corrected chi connectivity index (χ4v) is 2.32. The summed E-state index contributed by atoms with van der Waals surface area (Å²) in [4.78, 5) is 12.1. The third kappa shape index (κ3) is 4.42. The number of nitrogens with zero attached hydrogens (tertiary/aromatic N) is 1. The van der Waals surface area contributed by atoms with E-state index in [9.17, 15) is 4.79 Å². The molecule has 1 heterocycles. The first kappa shape index (κ1) is 16.7. The minimum Gasteiger partial charge on any atom is -0.493 e. The fraction of sp³-hybridized carbons (Fsp3) is 0.353. The van der Waals surface area contributed by atoms with Crippen LogP contribution in [0, 0.1) is 0 Å². The van der Waals surface area contributed by atoms with Gasteiger partial charge in [0.15, 0.2) is 11.5 Å². The molecule has 23 heavy (non-hydrogen) atoms. The van der Waals surface area contributed by atoms with E-state index in [4.69, 9.17) is 14.2 Å². The summed E-state index contributed by atoms with van der Waals surface area (Å²) >= 11 is 0. The number of anilines is 1. The van der Waals surface area contributed by atoms with Crippen molar-refractivity contribution in [2.75, 3.05) is 26.6 Å². The number of aryl methyl sites for hydroxylation is 1. The maximum absolute atomic E-state index is 12.1. The number of rotatable bonds is 8. The molecule has 0 spiro atoms. The predicted molar refractivity (Wildman–Crippen MR) is 88.4 cm³/mol. The Balaban J connectivity index is 1.97. The lowest BCUT2D eigenvalue weighted by atomic mass is 10.2. The van der Waals surface area contributed by atoms with Crippen LogP contribution in [0.4, 0.5) is 5.69 Å². The zero-order valence-electron chi connectivity index (χ0n) is 13.7. The lowest BCUT2D eigenvalue weighted by Gasteiger charge is -2.14. The first-order valence-electron chi connectivity index (χ1n) is 7.38. The van der Waals surface area contributed by atoms with Gasteiger partial charge < -0.3 is 24.1 Å². The Labute approximate surface area is 136 Å². The van der Waals surface area contributed by atoms with Crippen LogP contribution < -0.4 is 19.5 Å². The molecule has 0 aliphatic rings. The molecule has 0 unspecified atom stereocenters. The number of aromatic nitrogens is 1. The van der Waals surface area contributed by atoms with Crippen LogP contribution in [-0.2, 0) is 11.3 Å². The van der Waals surface area contributed by atoms with E-state index in [2.05, 4.69) is 5.32 Å². The highest BCUT2D eigenvalue weighted by Crippen LogP contribution is 2.39. The number of ether oxygens (including phenoxy) is 3. The Hall–Kier alpha value is -2.63. The average molecular weight is 318 g/mol. The molecule has 0 atom stereocenters. The van der Waals surface area contributed by atoms with Gasteiger partial charge in [0.2, 0.25) is 11.7 Å². The average Bonchev–Trinajstić information content (AvgIpc) is 3.07. The van der Waals surface area contributed by atoms with Gasteiger partial charge in [0.1, 0.15) is 0 Å². The second kappa shape index (κ2) is 8.12. The first-order chi connectivity index (χ1) is 11.2. The van der Waals surface area contributed by atoms with Gasteiger partial charge in [-0.1, -0.05) is 0 Å². The number of nitrogens with one attached hydrogen (secondary N) is 1. The van der Waals surface area contributed by atoms with Crippen molar-refractivity contribution in [1.29, 1.82) is 0 Å². The molecule has 0 saturated heterocycles. The van der Waals surface area contributed by atoms with Crippen LogP contribution in [0.25, 0.3) is 0 Å². The molecular formula is C17H22N2O4.